The molecule has 3 nitrogen and oxygen atoms in total. The van der Waals surface area contributed by atoms with Gasteiger partial charge in [0.1, 0.15) is 6.10 Å². The fourth-order valence-electron chi connectivity index (χ4n) is 1.57. The van der Waals surface area contributed by atoms with Gasteiger partial charge in [0.25, 0.3) is 0 Å². The number of hydrogen-bond acceptors (Lipinski definition) is 3. The number of hydrogen-bond donors (Lipinski definition) is 1. The van der Waals surface area contributed by atoms with E-state index in [0.717, 1.165) is 24.1 Å². The SMILES string of the molecule is NCCC1CC(c2ccccc2)=NO1. The van der Waals surface area contributed by atoms with Crippen molar-refractivity contribution in [1.82, 2.24) is 0 Å². The monoisotopic (exact) mass is 190 g/mol. The molecule has 0 aromatic heterocycles. The van der Waals surface area contributed by atoms with Crippen LogP contribution in [0.1, 0.15) is 18.4 Å². The molecule has 1 atom stereocenters. The third-order valence-corrected chi connectivity index (χ3v) is 2.33. The summed E-state index contributed by atoms with van der Waals surface area (Å²) >= 11 is 0. The van der Waals surface area contributed by atoms with Gasteiger partial charge in [-0.05, 0) is 18.5 Å². The Balaban J connectivity index is 2.02. The molecule has 1 aromatic rings. The molecule has 0 amide bonds. The summed E-state index contributed by atoms with van der Waals surface area (Å²) in [6.45, 7) is 0.655. The van der Waals surface area contributed by atoms with Crippen molar-refractivity contribution < 1.29 is 4.84 Å². The van der Waals surface area contributed by atoms with Gasteiger partial charge >= 0.3 is 0 Å². The summed E-state index contributed by atoms with van der Waals surface area (Å²) in [6.07, 6.45) is 1.93. The second kappa shape index (κ2) is 4.24. The van der Waals surface area contributed by atoms with E-state index in [9.17, 15) is 0 Å². The number of nitrogens with two attached hydrogens (primary N) is 1. The first kappa shape index (κ1) is 9.21. The minimum absolute atomic E-state index is 0.176. The maximum atomic E-state index is 5.46. The number of oxime groups is 1. The van der Waals surface area contributed by atoms with Gasteiger partial charge in [0.2, 0.25) is 0 Å². The molecule has 0 fully saturated rings. The molecule has 1 heterocycles. The van der Waals surface area contributed by atoms with Gasteiger partial charge in [-0.1, -0.05) is 35.5 Å². The Morgan fingerprint density at radius 3 is 2.86 bits per heavy atom. The predicted octanol–water partition coefficient (Wildman–Crippen LogP) is 1.53. The Hall–Kier alpha value is -1.35. The first-order valence-electron chi connectivity index (χ1n) is 4.88. The van der Waals surface area contributed by atoms with Crippen LogP contribution >= 0.6 is 0 Å². The van der Waals surface area contributed by atoms with Gasteiger partial charge < -0.3 is 10.6 Å². The topological polar surface area (TPSA) is 47.6 Å². The summed E-state index contributed by atoms with van der Waals surface area (Å²) in [5.74, 6) is 0. The summed E-state index contributed by atoms with van der Waals surface area (Å²) < 4.78 is 0. The van der Waals surface area contributed by atoms with Gasteiger partial charge in [-0.2, -0.15) is 0 Å². The van der Waals surface area contributed by atoms with E-state index in [0.29, 0.717) is 6.54 Å². The van der Waals surface area contributed by atoms with Crippen molar-refractivity contribution in [1.29, 1.82) is 0 Å². The zero-order chi connectivity index (χ0) is 9.80. The van der Waals surface area contributed by atoms with Crippen molar-refractivity contribution in [3.8, 4) is 0 Å². The number of benzene rings is 1. The minimum Gasteiger partial charge on any atom is -0.392 e. The molecule has 3 heteroatoms. The van der Waals surface area contributed by atoms with Crippen LogP contribution < -0.4 is 5.73 Å². The minimum atomic E-state index is 0.176. The van der Waals surface area contributed by atoms with Gasteiger partial charge in [0.05, 0.1) is 5.71 Å². The summed E-state index contributed by atoms with van der Waals surface area (Å²) in [6, 6.07) is 10.1. The smallest absolute Gasteiger partial charge is 0.134 e. The Morgan fingerprint density at radius 2 is 2.14 bits per heavy atom. The standard InChI is InChI=1S/C11H14N2O/c12-7-6-10-8-11(13-14-10)9-4-2-1-3-5-9/h1-5,10H,6-8,12H2. The van der Waals surface area contributed by atoms with Crippen LogP contribution in [0, 0.1) is 0 Å². The van der Waals surface area contributed by atoms with Crippen LogP contribution in [0.4, 0.5) is 0 Å². The maximum Gasteiger partial charge on any atom is 0.134 e. The summed E-state index contributed by atoms with van der Waals surface area (Å²) in [7, 11) is 0. The molecule has 1 unspecified atom stereocenters. The quantitative estimate of drug-likeness (QED) is 0.785. The number of rotatable bonds is 3. The third-order valence-electron chi connectivity index (χ3n) is 2.33. The van der Waals surface area contributed by atoms with Crippen molar-refractivity contribution in [2.45, 2.75) is 18.9 Å². The largest absolute Gasteiger partial charge is 0.392 e. The third kappa shape index (κ3) is 1.93. The molecular formula is C11H14N2O. The first-order chi connectivity index (χ1) is 6.90. The van der Waals surface area contributed by atoms with Gasteiger partial charge in [0, 0.05) is 6.42 Å². The van der Waals surface area contributed by atoms with Gasteiger partial charge in [-0.25, -0.2) is 0 Å². The highest BCUT2D eigenvalue weighted by Crippen LogP contribution is 2.17. The van der Waals surface area contributed by atoms with Crippen LogP contribution in [0.2, 0.25) is 0 Å². The van der Waals surface area contributed by atoms with E-state index in [2.05, 4.69) is 5.16 Å². The van der Waals surface area contributed by atoms with Crippen molar-refractivity contribution in [3.63, 3.8) is 0 Å². The van der Waals surface area contributed by atoms with Crippen LogP contribution in [0.3, 0.4) is 0 Å². The van der Waals surface area contributed by atoms with E-state index < -0.39 is 0 Å². The Bertz CT molecular complexity index is 321. The highest BCUT2D eigenvalue weighted by Gasteiger charge is 2.20. The second-order valence-electron chi connectivity index (χ2n) is 3.41. The molecule has 2 rings (SSSR count). The van der Waals surface area contributed by atoms with Gasteiger partial charge in [-0.3, -0.25) is 0 Å². The fourth-order valence-corrected chi connectivity index (χ4v) is 1.57. The second-order valence-corrected chi connectivity index (χ2v) is 3.41. The molecule has 1 aromatic carbocycles. The van der Waals surface area contributed by atoms with E-state index in [1.807, 2.05) is 30.3 Å². The normalized spacial score (nSPS) is 20.4. The van der Waals surface area contributed by atoms with E-state index in [-0.39, 0.29) is 6.10 Å². The molecule has 14 heavy (non-hydrogen) atoms. The van der Waals surface area contributed by atoms with Crippen molar-refractivity contribution in [2.75, 3.05) is 6.54 Å². The lowest BCUT2D eigenvalue weighted by Crippen LogP contribution is -2.14. The Morgan fingerprint density at radius 1 is 1.36 bits per heavy atom. The lowest BCUT2D eigenvalue weighted by molar-refractivity contribution is 0.0810. The molecule has 1 aliphatic heterocycles. The average Bonchev–Trinajstić information content (AvgIpc) is 2.68. The summed E-state index contributed by atoms with van der Waals surface area (Å²) in [5, 5.41) is 4.07. The highest BCUT2D eigenvalue weighted by molar-refractivity contribution is 6.01. The zero-order valence-electron chi connectivity index (χ0n) is 8.02. The number of nitrogens with zero attached hydrogens (tertiary/aromatic N) is 1. The molecule has 0 saturated heterocycles. The molecule has 0 aliphatic carbocycles. The zero-order valence-corrected chi connectivity index (χ0v) is 8.02. The average molecular weight is 190 g/mol. The molecule has 2 N–H and O–H groups in total. The predicted molar refractivity (Wildman–Crippen MR) is 56.1 cm³/mol. The van der Waals surface area contributed by atoms with E-state index in [1.54, 1.807) is 0 Å². The molecule has 0 saturated carbocycles. The maximum absolute atomic E-state index is 5.46. The van der Waals surface area contributed by atoms with Crippen LogP contribution in [0.5, 0.6) is 0 Å². The van der Waals surface area contributed by atoms with Crippen molar-refractivity contribution in [3.05, 3.63) is 35.9 Å². The van der Waals surface area contributed by atoms with Gasteiger partial charge in [-0.15, -0.1) is 0 Å². The fraction of sp³-hybridized carbons (Fsp3) is 0.364. The lowest BCUT2D eigenvalue weighted by atomic mass is 10.0. The Labute approximate surface area is 83.6 Å². The highest BCUT2D eigenvalue weighted by atomic mass is 16.6. The van der Waals surface area contributed by atoms with Crippen LogP contribution in [-0.4, -0.2) is 18.4 Å². The van der Waals surface area contributed by atoms with E-state index in [1.165, 1.54) is 0 Å². The van der Waals surface area contributed by atoms with Crippen LogP contribution in [-0.2, 0) is 4.84 Å². The van der Waals surface area contributed by atoms with Crippen LogP contribution in [0.15, 0.2) is 35.5 Å². The molecule has 0 bridgehead atoms. The van der Waals surface area contributed by atoms with Crippen LogP contribution in [0.25, 0.3) is 0 Å². The molecule has 74 valence electrons. The van der Waals surface area contributed by atoms with E-state index in [4.69, 9.17) is 10.6 Å². The molecule has 0 spiro atoms. The van der Waals surface area contributed by atoms with Gasteiger partial charge in [0.15, 0.2) is 0 Å². The lowest BCUT2D eigenvalue weighted by Gasteiger charge is -2.04. The van der Waals surface area contributed by atoms with Crippen molar-refractivity contribution >= 4 is 5.71 Å². The molecule has 0 radical (unpaired) electrons. The molecular weight excluding hydrogens is 176 g/mol. The molecule has 1 aliphatic rings. The van der Waals surface area contributed by atoms with Crippen molar-refractivity contribution in [2.24, 2.45) is 10.9 Å². The summed E-state index contributed by atoms with van der Waals surface area (Å²) in [5.41, 5.74) is 7.64. The van der Waals surface area contributed by atoms with E-state index >= 15 is 0 Å². The first-order valence-corrected chi connectivity index (χ1v) is 4.88. The Kier molecular flexibility index (Phi) is 2.79. The summed E-state index contributed by atoms with van der Waals surface area (Å²) in [4.78, 5) is 5.27.